The normalized spacial score (nSPS) is 14.3. The molecule has 0 aliphatic carbocycles. The van der Waals surface area contributed by atoms with Gasteiger partial charge in [0.15, 0.2) is 0 Å². The van der Waals surface area contributed by atoms with Crippen molar-refractivity contribution in [3.05, 3.63) is 29.3 Å². The van der Waals surface area contributed by atoms with Crippen LogP contribution in [0, 0.1) is 0 Å². The van der Waals surface area contributed by atoms with Crippen molar-refractivity contribution in [3.8, 4) is 0 Å². The lowest BCUT2D eigenvalue weighted by Gasteiger charge is -2.26. The molecule has 0 spiro atoms. The van der Waals surface area contributed by atoms with Gasteiger partial charge in [0.1, 0.15) is 0 Å². The van der Waals surface area contributed by atoms with E-state index in [1.165, 1.54) is 0 Å². The fraction of sp³-hybridized carbons (Fsp3) is 0.308. The molecule has 0 unspecified atom stereocenters. The van der Waals surface area contributed by atoms with Crippen molar-refractivity contribution >= 4 is 23.8 Å². The molecule has 1 aliphatic rings. The van der Waals surface area contributed by atoms with E-state index >= 15 is 0 Å². The highest BCUT2D eigenvalue weighted by molar-refractivity contribution is 6.38. The van der Waals surface area contributed by atoms with Crippen LogP contribution in [0.1, 0.15) is 17.5 Å². The summed E-state index contributed by atoms with van der Waals surface area (Å²) in [6.45, 7) is 0.725. The van der Waals surface area contributed by atoms with Crippen molar-refractivity contribution in [2.75, 3.05) is 11.9 Å². The summed E-state index contributed by atoms with van der Waals surface area (Å²) in [5.74, 6) is -1.12. The lowest BCUT2D eigenvalue weighted by molar-refractivity contribution is -0.133. The van der Waals surface area contributed by atoms with Crippen molar-refractivity contribution in [2.45, 2.75) is 19.4 Å². The van der Waals surface area contributed by atoms with Gasteiger partial charge >= 0.3 is 0 Å². The number of hydrogen-bond donors (Lipinski definition) is 1. The van der Waals surface area contributed by atoms with Crippen molar-refractivity contribution in [3.63, 3.8) is 0 Å². The molecule has 0 aromatic heterocycles. The predicted molar refractivity (Wildman–Crippen MR) is 66.1 cm³/mol. The Hall–Kier alpha value is -2.01. The maximum absolute atomic E-state index is 11.7. The van der Waals surface area contributed by atoms with Crippen molar-refractivity contribution in [1.29, 1.82) is 0 Å². The number of nitrogens with zero attached hydrogens (tertiary/aromatic N) is 1. The van der Waals surface area contributed by atoms with Gasteiger partial charge in [0.05, 0.1) is 5.69 Å². The lowest BCUT2D eigenvalue weighted by atomic mass is 9.98. The van der Waals surface area contributed by atoms with Crippen LogP contribution in [0.3, 0.4) is 0 Å². The van der Waals surface area contributed by atoms with Gasteiger partial charge in [-0.3, -0.25) is 14.4 Å². The molecule has 1 N–H and O–H groups in total. The minimum absolute atomic E-state index is 0.175. The van der Waals surface area contributed by atoms with E-state index in [4.69, 9.17) is 0 Å². The second-order valence-corrected chi connectivity index (χ2v) is 4.18. The van der Waals surface area contributed by atoms with Gasteiger partial charge in [0.25, 0.3) is 5.91 Å². The molecular weight excluding hydrogens is 232 g/mol. The molecule has 0 fully saturated rings. The number of nitrogens with one attached hydrogen (secondary N) is 1. The van der Waals surface area contributed by atoms with Crippen LogP contribution in [-0.2, 0) is 27.3 Å². The third-order valence-corrected chi connectivity index (χ3v) is 2.94. The Morgan fingerprint density at radius 3 is 2.89 bits per heavy atom. The monoisotopic (exact) mass is 246 g/mol. The van der Waals surface area contributed by atoms with Gasteiger partial charge in [0.2, 0.25) is 12.2 Å². The molecule has 94 valence electrons. The number of fused-ring (bicyclic) bond motifs is 1. The molecule has 2 amide bonds. The summed E-state index contributed by atoms with van der Waals surface area (Å²) in [7, 11) is 1.85. The van der Waals surface area contributed by atoms with Gasteiger partial charge in [-0.25, -0.2) is 4.90 Å². The molecule has 18 heavy (non-hydrogen) atoms. The summed E-state index contributed by atoms with van der Waals surface area (Å²) in [5, 5.41) is 3.04. The Kier molecular flexibility index (Phi) is 3.53. The summed E-state index contributed by atoms with van der Waals surface area (Å²) in [4.78, 5) is 34.7. The van der Waals surface area contributed by atoms with E-state index in [9.17, 15) is 14.4 Å². The summed E-state index contributed by atoms with van der Waals surface area (Å²) in [5.41, 5.74) is 2.55. The molecular formula is C13H14N2O3. The molecule has 0 atom stereocenters. The lowest BCUT2D eigenvalue weighted by Crippen LogP contribution is -2.40. The SMILES string of the molecule is CNCc1ccc2c(c1)CCC(=O)N2C(=O)C=O. The molecule has 5 nitrogen and oxygen atoms in total. The minimum Gasteiger partial charge on any atom is -0.316 e. The van der Waals surface area contributed by atoms with Gasteiger partial charge < -0.3 is 5.32 Å². The molecule has 0 saturated carbocycles. The zero-order valence-electron chi connectivity index (χ0n) is 10.1. The van der Waals surface area contributed by atoms with Crippen LogP contribution in [0.15, 0.2) is 18.2 Å². The van der Waals surface area contributed by atoms with E-state index in [0.717, 1.165) is 22.6 Å². The van der Waals surface area contributed by atoms with E-state index in [1.54, 1.807) is 6.07 Å². The largest absolute Gasteiger partial charge is 0.316 e. The van der Waals surface area contributed by atoms with Gasteiger partial charge in [-0.1, -0.05) is 12.1 Å². The van der Waals surface area contributed by atoms with Crippen LogP contribution < -0.4 is 10.2 Å². The third kappa shape index (κ3) is 2.17. The highest BCUT2D eigenvalue weighted by atomic mass is 16.2. The Balaban J connectivity index is 2.41. The van der Waals surface area contributed by atoms with Gasteiger partial charge in [-0.15, -0.1) is 0 Å². The van der Waals surface area contributed by atoms with E-state index in [-0.39, 0.29) is 18.6 Å². The van der Waals surface area contributed by atoms with Gasteiger partial charge in [0, 0.05) is 13.0 Å². The number of amides is 2. The molecule has 0 radical (unpaired) electrons. The van der Waals surface area contributed by atoms with E-state index in [2.05, 4.69) is 5.32 Å². The number of benzene rings is 1. The van der Waals surface area contributed by atoms with Crippen molar-refractivity contribution in [1.82, 2.24) is 5.32 Å². The molecule has 1 aromatic carbocycles. The fourth-order valence-corrected chi connectivity index (χ4v) is 2.15. The predicted octanol–water partition coefficient (Wildman–Crippen LogP) is 0.411. The molecule has 2 rings (SSSR count). The average Bonchev–Trinajstić information content (AvgIpc) is 2.38. The zero-order chi connectivity index (χ0) is 13.1. The number of carbonyl (C=O) groups is 3. The third-order valence-electron chi connectivity index (χ3n) is 2.94. The Labute approximate surface area is 105 Å². The Morgan fingerprint density at radius 1 is 1.44 bits per heavy atom. The Bertz CT molecular complexity index is 511. The number of rotatable bonds is 3. The maximum Gasteiger partial charge on any atom is 0.297 e. The smallest absolute Gasteiger partial charge is 0.297 e. The second-order valence-electron chi connectivity index (χ2n) is 4.18. The molecule has 0 saturated heterocycles. The van der Waals surface area contributed by atoms with E-state index < -0.39 is 5.91 Å². The van der Waals surface area contributed by atoms with Gasteiger partial charge in [-0.2, -0.15) is 0 Å². The number of imide groups is 1. The highest BCUT2D eigenvalue weighted by Crippen LogP contribution is 2.28. The standard InChI is InChI=1S/C13H14N2O3/c1-14-7-9-2-4-11-10(6-9)3-5-12(17)15(11)13(18)8-16/h2,4,6,8,14H,3,5,7H2,1H3. The topological polar surface area (TPSA) is 66.5 Å². The highest BCUT2D eigenvalue weighted by Gasteiger charge is 2.29. The van der Waals surface area contributed by atoms with E-state index in [0.29, 0.717) is 12.1 Å². The first kappa shape index (κ1) is 12.4. The molecule has 1 aromatic rings. The molecule has 1 heterocycles. The van der Waals surface area contributed by atoms with E-state index in [1.807, 2.05) is 19.2 Å². The quantitative estimate of drug-likeness (QED) is 0.619. The van der Waals surface area contributed by atoms with Crippen LogP contribution in [0.2, 0.25) is 0 Å². The number of aldehydes is 1. The number of hydrogen-bond acceptors (Lipinski definition) is 4. The summed E-state index contributed by atoms with van der Waals surface area (Å²) < 4.78 is 0. The van der Waals surface area contributed by atoms with Crippen LogP contribution in [0.5, 0.6) is 0 Å². The second kappa shape index (κ2) is 5.10. The first-order valence-electron chi connectivity index (χ1n) is 5.76. The van der Waals surface area contributed by atoms with Crippen LogP contribution in [-0.4, -0.2) is 25.1 Å². The minimum atomic E-state index is -0.803. The van der Waals surface area contributed by atoms with Crippen LogP contribution in [0.4, 0.5) is 5.69 Å². The summed E-state index contributed by atoms with van der Waals surface area (Å²) in [6, 6.07) is 5.53. The number of aryl methyl sites for hydroxylation is 1. The summed E-state index contributed by atoms with van der Waals surface area (Å²) in [6.07, 6.45) is 1.04. The first-order valence-corrected chi connectivity index (χ1v) is 5.76. The van der Waals surface area contributed by atoms with Crippen molar-refractivity contribution < 1.29 is 14.4 Å². The molecule has 5 heteroatoms. The number of anilines is 1. The molecule has 0 bridgehead atoms. The van der Waals surface area contributed by atoms with Crippen LogP contribution >= 0.6 is 0 Å². The average molecular weight is 246 g/mol. The fourth-order valence-electron chi connectivity index (χ4n) is 2.15. The molecule has 1 aliphatic heterocycles. The van der Waals surface area contributed by atoms with Crippen LogP contribution in [0.25, 0.3) is 0 Å². The maximum atomic E-state index is 11.7. The number of carbonyl (C=O) groups excluding carboxylic acids is 3. The first-order chi connectivity index (χ1) is 8.67. The Morgan fingerprint density at radius 2 is 2.22 bits per heavy atom. The summed E-state index contributed by atoms with van der Waals surface area (Å²) >= 11 is 0. The van der Waals surface area contributed by atoms with Gasteiger partial charge in [-0.05, 0) is 30.7 Å². The van der Waals surface area contributed by atoms with Crippen molar-refractivity contribution in [2.24, 2.45) is 0 Å². The zero-order valence-corrected chi connectivity index (χ0v) is 10.1.